The van der Waals surface area contributed by atoms with E-state index in [0.717, 1.165) is 26.0 Å². The maximum atomic E-state index is 13.3. The summed E-state index contributed by atoms with van der Waals surface area (Å²) in [4.78, 5) is 45.2. The van der Waals surface area contributed by atoms with Gasteiger partial charge in [0.1, 0.15) is 15.9 Å². The molecule has 2 saturated heterocycles. The van der Waals surface area contributed by atoms with Gasteiger partial charge in [-0.1, -0.05) is 265 Å². The van der Waals surface area contributed by atoms with Gasteiger partial charge in [0.15, 0.2) is 17.6 Å². The van der Waals surface area contributed by atoms with Crippen molar-refractivity contribution in [2.45, 2.75) is 119 Å². The molecule has 11 rings (SSSR count). The monoisotopic (exact) mass is 1490 g/mol. The number of benzene rings is 9. The van der Waals surface area contributed by atoms with E-state index in [1.807, 2.05) is 161 Å². The van der Waals surface area contributed by atoms with Crippen molar-refractivity contribution in [1.82, 2.24) is 23.7 Å². The van der Waals surface area contributed by atoms with Crippen LogP contribution in [0.25, 0.3) is 15.8 Å². The van der Waals surface area contributed by atoms with E-state index in [2.05, 4.69) is 179 Å². The Hall–Kier alpha value is -8.91. The molecule has 2 aliphatic rings. The Balaban J connectivity index is 0.000000201. The zero-order valence-electron chi connectivity index (χ0n) is 60.1. The molecule has 1 unspecified atom stereocenters. The normalized spacial score (nSPS) is 14.6. The zero-order chi connectivity index (χ0) is 75.1. The predicted molar refractivity (Wildman–Crippen MR) is 420 cm³/mol. The third-order valence-corrected chi connectivity index (χ3v) is 25.5. The number of carbonyl (C=O) groups excluding carboxylic acids is 4. The lowest BCUT2D eigenvalue weighted by atomic mass is 10.1. The number of hydrogen-bond donors (Lipinski definition) is 3. The number of carbonyl (C=O) groups is 4. The molecular formula is C78H93N8O12P3S2. The summed E-state index contributed by atoms with van der Waals surface area (Å²) in [6.07, 6.45) is -4.23. The lowest BCUT2D eigenvalue weighted by Gasteiger charge is -2.34. The molecule has 9 aromatic carbocycles. The Labute approximate surface area is 611 Å². The minimum atomic E-state index is -3.79. The van der Waals surface area contributed by atoms with Crippen molar-refractivity contribution in [2.75, 3.05) is 13.1 Å². The quantitative estimate of drug-likeness (QED) is 0.0398. The molecule has 25 heteroatoms. The summed E-state index contributed by atoms with van der Waals surface area (Å²) in [6, 6.07) is 92.4. The minimum absolute atomic E-state index is 0.0883. The van der Waals surface area contributed by atoms with E-state index in [1.54, 1.807) is 59.5 Å². The van der Waals surface area contributed by atoms with Crippen molar-refractivity contribution < 1.29 is 55.0 Å². The van der Waals surface area contributed by atoms with E-state index < -0.39 is 65.7 Å². The van der Waals surface area contributed by atoms with Crippen LogP contribution in [0.1, 0.15) is 83.1 Å². The molecule has 0 spiro atoms. The second-order valence-electron chi connectivity index (χ2n) is 25.3. The second kappa shape index (κ2) is 40.8. The molecule has 2 heterocycles. The van der Waals surface area contributed by atoms with Crippen LogP contribution < -0.4 is 52.0 Å². The summed E-state index contributed by atoms with van der Waals surface area (Å²) in [5.41, 5.74) is 3.98. The standard InChI is InChI=1S/C22H23N2O2PS.C18H15P.C14H21N2O4P.C12H10.C8H14N2O4.C4H10N2O2S/c1-22(2)18-24(28(25,26)23-22)27(19-12-6-3-7-13-19,20-14-8-4-9-15-20)21-16-10-5-11-17-21;1-4-10-16(11-5-1)19(17-12-6-2-7-13-17)18-14-8-3-9-15-18;1-10(2)19-13(17)15-16(14(18)20-11(3)4)21-12-8-6-5-7-9-12;1-3-7-11(8-4-1)12-9-5-2-6-10-12;1-5(2)13-7(11)9-10-8(12)14-6(3)4;1-4(2)3-5-9(7,8)6-4/h3-17H,18H2,1-2H3;1-15H;5-11,21H,1-4H3,(H,15,17);1-10H;5-6H,1-4H3;5-6H,3H2,1-2H3. The van der Waals surface area contributed by atoms with E-state index in [0.29, 0.717) is 13.1 Å². The maximum absolute atomic E-state index is 13.3. The molecule has 0 radical (unpaired) electrons. The van der Waals surface area contributed by atoms with Gasteiger partial charge in [0, 0.05) is 27.4 Å². The van der Waals surface area contributed by atoms with Gasteiger partial charge in [0.2, 0.25) is 0 Å². The number of hydrazine groups is 1. The van der Waals surface area contributed by atoms with Crippen molar-refractivity contribution in [2.24, 2.45) is 10.2 Å². The van der Waals surface area contributed by atoms with Crippen molar-refractivity contribution in [3.05, 3.63) is 278 Å². The highest BCUT2D eigenvalue weighted by molar-refractivity contribution is 8.06. The molecular weight excluding hydrogens is 1400 g/mol. The Bertz CT molecular complexity index is 4030. The van der Waals surface area contributed by atoms with Gasteiger partial charge < -0.3 is 23.7 Å². The first-order chi connectivity index (χ1) is 49.0. The minimum Gasteiger partial charge on any atom is -0.526 e. The average Bonchev–Trinajstić information content (AvgIpc) is 1.65. The van der Waals surface area contributed by atoms with E-state index in [9.17, 15) is 36.0 Å². The van der Waals surface area contributed by atoms with Crippen molar-refractivity contribution >= 4 is 106 Å². The highest BCUT2D eigenvalue weighted by atomic mass is 32.2. The lowest BCUT2D eigenvalue weighted by molar-refractivity contribution is 0.0736. The van der Waals surface area contributed by atoms with Gasteiger partial charge in [-0.15, -0.1) is 5.54 Å². The summed E-state index contributed by atoms with van der Waals surface area (Å²) in [7, 11) is -10.1. The van der Waals surface area contributed by atoms with Crippen LogP contribution in [0.3, 0.4) is 0 Å². The average molecular weight is 1490 g/mol. The SMILES string of the molecule is CC(C)OC(=O)N=NC(=O)OC(C)C.CC(C)OC(=O)NN(Pc1ccccc1)C(=O)OC(C)C.CC1(C)CN([P+](c2ccccc2)(c2ccccc2)c2ccccc2)S(=O)(=O)[N-]1.CC1(C)CNS(=O)(=O)N1.c1ccc(-c2ccccc2)cc1.c1ccc(P(c2ccccc2)c2ccccc2)cc1. The van der Waals surface area contributed by atoms with E-state index in [-0.39, 0.29) is 38.7 Å². The largest absolute Gasteiger partial charge is 0.526 e. The number of nitrogens with one attached hydrogen (secondary N) is 3. The first-order valence-corrected chi connectivity index (χ1v) is 40.2. The highest BCUT2D eigenvalue weighted by Gasteiger charge is 2.57. The van der Waals surface area contributed by atoms with Gasteiger partial charge in [0.05, 0.1) is 24.4 Å². The summed E-state index contributed by atoms with van der Waals surface area (Å²) < 4.78 is 79.0. The predicted octanol–water partition coefficient (Wildman–Crippen LogP) is 14.9. The molecule has 0 aliphatic carbocycles. The molecule has 0 saturated carbocycles. The summed E-state index contributed by atoms with van der Waals surface area (Å²) >= 11 is 0. The van der Waals surface area contributed by atoms with Crippen LogP contribution in [-0.2, 0) is 39.4 Å². The van der Waals surface area contributed by atoms with Gasteiger partial charge in [-0.25, -0.2) is 37.7 Å². The second-order valence-corrected chi connectivity index (χ2v) is 35.3. The fourth-order valence-electron chi connectivity index (χ4n) is 9.86. The van der Waals surface area contributed by atoms with Crippen molar-refractivity contribution in [1.29, 1.82) is 0 Å². The fraction of sp³-hybridized carbons (Fsp3) is 0.256. The Morgan fingerprint density at radius 3 is 1.09 bits per heavy atom. The van der Waals surface area contributed by atoms with Crippen LogP contribution in [0.2, 0.25) is 0 Å². The van der Waals surface area contributed by atoms with Crippen LogP contribution in [0.4, 0.5) is 19.2 Å². The Morgan fingerprint density at radius 1 is 0.485 bits per heavy atom. The van der Waals surface area contributed by atoms with Crippen molar-refractivity contribution in [3.8, 4) is 11.1 Å². The van der Waals surface area contributed by atoms with Gasteiger partial charge in [-0.3, -0.25) is 0 Å². The number of azo groups is 1. The molecule has 1 atom stereocenters. The number of amides is 4. The molecule has 2 fully saturated rings. The van der Waals surface area contributed by atoms with Crippen LogP contribution in [0, 0.1) is 0 Å². The molecule has 4 amide bonds. The van der Waals surface area contributed by atoms with Crippen LogP contribution >= 0.6 is 24.1 Å². The first-order valence-electron chi connectivity index (χ1n) is 33.3. The summed E-state index contributed by atoms with van der Waals surface area (Å²) in [5, 5.41) is 14.1. The number of nitrogens with zero attached hydrogens (tertiary/aromatic N) is 5. The molecule has 9 aromatic rings. The van der Waals surface area contributed by atoms with Gasteiger partial charge in [0.25, 0.3) is 10.2 Å². The van der Waals surface area contributed by atoms with Gasteiger partial charge in [-0.05, 0) is 146 Å². The fourth-order valence-corrected chi connectivity index (χ4v) is 22.0. The number of rotatable bonds is 14. The molecule has 544 valence electrons. The van der Waals surface area contributed by atoms with Crippen LogP contribution in [0.15, 0.2) is 283 Å². The topological polar surface area (TPSA) is 255 Å². The number of ether oxygens (including phenoxy) is 4. The van der Waals surface area contributed by atoms with Crippen LogP contribution in [0.5, 0.6) is 0 Å². The summed E-state index contributed by atoms with van der Waals surface area (Å²) in [6.45, 7) is 21.8. The van der Waals surface area contributed by atoms with Gasteiger partial charge >= 0.3 is 24.4 Å². The third-order valence-electron chi connectivity index (χ3n) is 13.9. The lowest BCUT2D eigenvalue weighted by Crippen LogP contribution is -2.44. The third kappa shape index (κ3) is 28.0. The van der Waals surface area contributed by atoms with E-state index >= 15 is 0 Å². The molecule has 0 aromatic heterocycles. The molecule has 2 aliphatic heterocycles. The maximum Gasteiger partial charge on any atom is 0.452 e. The first kappa shape index (κ1) is 83.0. The molecule has 3 N–H and O–H groups in total. The van der Waals surface area contributed by atoms with Gasteiger partial charge in [-0.2, -0.15) is 17.9 Å². The molecule has 0 bridgehead atoms. The van der Waals surface area contributed by atoms with Crippen LogP contribution in [-0.4, -0.2) is 98.6 Å². The highest BCUT2D eigenvalue weighted by Crippen LogP contribution is 2.63. The molecule has 20 nitrogen and oxygen atoms in total. The zero-order valence-corrected chi connectivity index (χ0v) is 64.5. The Morgan fingerprint density at radius 2 is 0.806 bits per heavy atom. The van der Waals surface area contributed by atoms with Crippen molar-refractivity contribution in [3.63, 3.8) is 0 Å². The molecule has 103 heavy (non-hydrogen) atoms. The number of hydrogen-bond acceptors (Lipinski definition) is 12. The van der Waals surface area contributed by atoms with E-state index in [1.165, 1.54) is 27.0 Å². The van der Waals surface area contributed by atoms with E-state index in [4.69, 9.17) is 9.47 Å². The Kier molecular flexibility index (Phi) is 32.9. The smallest absolute Gasteiger partial charge is 0.452 e. The summed E-state index contributed by atoms with van der Waals surface area (Å²) in [5.74, 6) is 0.